The maximum absolute atomic E-state index is 13.2. The van der Waals surface area contributed by atoms with Crippen LogP contribution >= 0.6 is 0 Å². The third-order valence-corrected chi connectivity index (χ3v) is 8.64. The molecule has 2 aromatic carbocycles. The summed E-state index contributed by atoms with van der Waals surface area (Å²) in [5, 5.41) is 5.34. The number of ether oxygens (including phenoxy) is 1. The van der Waals surface area contributed by atoms with Crippen molar-refractivity contribution in [3.63, 3.8) is 0 Å². The minimum absolute atomic E-state index is 0.0349. The molecule has 0 aliphatic carbocycles. The lowest BCUT2D eigenvalue weighted by molar-refractivity contribution is -0.133. The predicted molar refractivity (Wildman–Crippen MR) is 142 cm³/mol. The number of nitrogens with one attached hydrogen (secondary N) is 2. The van der Waals surface area contributed by atoms with Gasteiger partial charge in [-0.1, -0.05) is 36.2 Å². The molecule has 204 valence electrons. The Balaban J connectivity index is 1.55. The van der Waals surface area contributed by atoms with E-state index >= 15 is 0 Å². The van der Waals surface area contributed by atoms with E-state index in [-0.39, 0.29) is 22.4 Å². The van der Waals surface area contributed by atoms with Gasteiger partial charge in [-0.2, -0.15) is 4.31 Å². The van der Waals surface area contributed by atoms with Gasteiger partial charge in [0.15, 0.2) is 0 Å². The van der Waals surface area contributed by atoms with E-state index in [1.807, 2.05) is 32.9 Å². The Bertz CT molecular complexity index is 1340. The van der Waals surface area contributed by atoms with Crippen LogP contribution in [0.5, 0.6) is 5.75 Å². The first-order valence-corrected chi connectivity index (χ1v) is 14.2. The normalized spacial score (nSPS) is 20.5. The molecule has 2 aliphatic rings. The van der Waals surface area contributed by atoms with Gasteiger partial charge in [0.05, 0.1) is 16.7 Å². The van der Waals surface area contributed by atoms with E-state index in [1.54, 1.807) is 19.1 Å². The average Bonchev–Trinajstić information content (AvgIpc) is 3.09. The first kappa shape index (κ1) is 27.6. The van der Waals surface area contributed by atoms with Crippen molar-refractivity contribution in [1.29, 1.82) is 0 Å². The van der Waals surface area contributed by atoms with Crippen LogP contribution in [0.15, 0.2) is 47.4 Å². The first-order valence-electron chi connectivity index (χ1n) is 12.7. The highest BCUT2D eigenvalue weighted by Crippen LogP contribution is 2.32. The number of nitrogens with zero attached hydrogens (tertiary/aromatic N) is 2. The van der Waals surface area contributed by atoms with E-state index in [0.717, 1.165) is 29.7 Å². The Morgan fingerprint density at radius 2 is 1.74 bits per heavy atom. The number of carbonyl (C=O) groups excluding carboxylic acids is 3. The summed E-state index contributed by atoms with van der Waals surface area (Å²) in [7, 11) is -3.76. The second kappa shape index (κ2) is 10.7. The Morgan fingerprint density at radius 1 is 1.08 bits per heavy atom. The zero-order valence-corrected chi connectivity index (χ0v) is 22.9. The number of anilines is 1. The van der Waals surface area contributed by atoms with Gasteiger partial charge in [0.25, 0.3) is 5.91 Å². The van der Waals surface area contributed by atoms with E-state index < -0.39 is 40.0 Å². The Morgan fingerprint density at radius 3 is 2.37 bits per heavy atom. The van der Waals surface area contributed by atoms with Crippen LogP contribution in [0.2, 0.25) is 0 Å². The number of imide groups is 1. The largest absolute Gasteiger partial charge is 0.489 e. The van der Waals surface area contributed by atoms with Crippen LogP contribution < -0.4 is 15.4 Å². The van der Waals surface area contributed by atoms with Crippen LogP contribution in [0.1, 0.15) is 51.2 Å². The van der Waals surface area contributed by atoms with Crippen molar-refractivity contribution < 1.29 is 27.5 Å². The monoisotopic (exact) mass is 542 g/mol. The van der Waals surface area contributed by atoms with E-state index in [2.05, 4.69) is 10.6 Å². The Hall–Kier alpha value is -3.44. The summed E-state index contributed by atoms with van der Waals surface area (Å²) in [4.78, 5) is 39.9. The quantitative estimate of drug-likeness (QED) is 0.493. The molecule has 4 amide bonds. The second-order valence-corrected chi connectivity index (χ2v) is 12.1. The highest BCUT2D eigenvalue weighted by atomic mass is 32.2. The molecule has 10 nitrogen and oxygen atoms in total. The number of amides is 4. The van der Waals surface area contributed by atoms with Crippen LogP contribution in [0.25, 0.3) is 0 Å². The van der Waals surface area contributed by atoms with Gasteiger partial charge in [0.1, 0.15) is 17.8 Å². The molecule has 0 spiro atoms. The molecule has 4 rings (SSSR count). The van der Waals surface area contributed by atoms with Gasteiger partial charge < -0.3 is 15.4 Å². The molecule has 11 heteroatoms. The van der Waals surface area contributed by atoms with Crippen molar-refractivity contribution >= 4 is 33.6 Å². The van der Waals surface area contributed by atoms with Crippen molar-refractivity contribution in [2.45, 2.75) is 63.5 Å². The number of hydrogen-bond acceptors (Lipinski definition) is 6. The molecule has 2 aliphatic heterocycles. The van der Waals surface area contributed by atoms with Gasteiger partial charge in [-0.25, -0.2) is 13.2 Å². The molecule has 1 atom stereocenters. The van der Waals surface area contributed by atoms with Gasteiger partial charge in [0.2, 0.25) is 15.9 Å². The molecule has 2 fully saturated rings. The highest BCUT2D eigenvalue weighted by molar-refractivity contribution is 7.89. The summed E-state index contributed by atoms with van der Waals surface area (Å²) < 4.78 is 33.7. The van der Waals surface area contributed by atoms with Crippen LogP contribution in [0.4, 0.5) is 10.5 Å². The van der Waals surface area contributed by atoms with Gasteiger partial charge in [0, 0.05) is 13.1 Å². The molecule has 2 saturated heterocycles. The summed E-state index contributed by atoms with van der Waals surface area (Å²) in [5.74, 6) is -0.933. The zero-order chi connectivity index (χ0) is 27.7. The molecule has 2 heterocycles. The van der Waals surface area contributed by atoms with E-state index in [4.69, 9.17) is 4.74 Å². The van der Waals surface area contributed by atoms with Crippen LogP contribution in [-0.4, -0.2) is 61.2 Å². The minimum atomic E-state index is -3.76. The Kier molecular flexibility index (Phi) is 7.80. The van der Waals surface area contributed by atoms with Crippen LogP contribution in [0.3, 0.4) is 0 Å². The van der Waals surface area contributed by atoms with Crippen molar-refractivity contribution in [3.8, 4) is 5.75 Å². The third kappa shape index (κ3) is 5.53. The number of rotatable bonds is 8. The maximum atomic E-state index is 13.2. The molecule has 2 aromatic rings. The van der Waals surface area contributed by atoms with Crippen molar-refractivity contribution in [2.75, 3.05) is 25.0 Å². The van der Waals surface area contributed by atoms with Gasteiger partial charge in [-0.3, -0.25) is 14.5 Å². The smallest absolute Gasteiger partial charge is 0.325 e. The molecule has 0 aromatic heterocycles. The molecule has 0 bridgehead atoms. The number of aryl methyl sites for hydroxylation is 1. The van der Waals surface area contributed by atoms with E-state index in [1.165, 1.54) is 22.5 Å². The van der Waals surface area contributed by atoms with Gasteiger partial charge in [-0.05, 0) is 64.3 Å². The second-order valence-electron chi connectivity index (χ2n) is 10.1. The SMILES string of the molecule is Cc1ccc([C@@]2(C)NC(=O)N(CC(=O)Nc3cc(S(=O)(=O)N4CCCCC4)ccc3OC(C)C)C2=O)cc1. The number of carbonyl (C=O) groups is 3. The minimum Gasteiger partial charge on any atom is -0.489 e. The lowest BCUT2D eigenvalue weighted by Crippen LogP contribution is -2.42. The lowest BCUT2D eigenvalue weighted by atomic mass is 9.91. The van der Waals surface area contributed by atoms with Gasteiger partial charge >= 0.3 is 6.03 Å². The van der Waals surface area contributed by atoms with E-state index in [9.17, 15) is 22.8 Å². The number of hydrogen-bond donors (Lipinski definition) is 2. The number of urea groups is 1. The fraction of sp³-hybridized carbons (Fsp3) is 0.444. The lowest BCUT2D eigenvalue weighted by Gasteiger charge is -2.26. The molecule has 0 saturated carbocycles. The summed E-state index contributed by atoms with van der Waals surface area (Å²) in [5.41, 5.74) is 0.455. The third-order valence-electron chi connectivity index (χ3n) is 6.75. The molecule has 0 unspecified atom stereocenters. The topological polar surface area (TPSA) is 125 Å². The standard InChI is InChI=1S/C27H34N4O6S/c1-18(2)37-23-13-12-21(38(35,36)30-14-6-5-7-15-30)16-22(23)28-24(32)17-31-25(33)27(4,29-26(31)34)20-10-8-19(3)9-11-20/h8-13,16,18H,5-7,14-15,17H2,1-4H3,(H,28,32)(H,29,34)/t27-/m1/s1. The Labute approximate surface area is 223 Å². The molecule has 0 radical (unpaired) electrons. The van der Waals surface area contributed by atoms with Crippen LogP contribution in [0, 0.1) is 6.92 Å². The summed E-state index contributed by atoms with van der Waals surface area (Å²) >= 11 is 0. The van der Waals surface area contributed by atoms with Gasteiger partial charge in [-0.15, -0.1) is 0 Å². The summed E-state index contributed by atoms with van der Waals surface area (Å²) in [6, 6.07) is 10.9. The maximum Gasteiger partial charge on any atom is 0.325 e. The fourth-order valence-corrected chi connectivity index (χ4v) is 6.18. The fourth-order valence-electron chi connectivity index (χ4n) is 4.63. The van der Waals surface area contributed by atoms with E-state index in [0.29, 0.717) is 18.7 Å². The van der Waals surface area contributed by atoms with Crippen molar-refractivity contribution in [3.05, 3.63) is 53.6 Å². The highest BCUT2D eigenvalue weighted by Gasteiger charge is 2.49. The average molecular weight is 543 g/mol. The number of benzene rings is 2. The molecular weight excluding hydrogens is 508 g/mol. The van der Waals surface area contributed by atoms with Crippen molar-refractivity contribution in [2.24, 2.45) is 0 Å². The van der Waals surface area contributed by atoms with Crippen LogP contribution in [-0.2, 0) is 25.2 Å². The summed E-state index contributed by atoms with van der Waals surface area (Å²) in [6.07, 6.45) is 2.34. The number of piperidine rings is 1. The molecule has 2 N–H and O–H groups in total. The molecule has 38 heavy (non-hydrogen) atoms. The molecular formula is C27H34N4O6S. The first-order chi connectivity index (χ1) is 17.9. The zero-order valence-electron chi connectivity index (χ0n) is 22.1. The number of sulfonamides is 1. The predicted octanol–water partition coefficient (Wildman–Crippen LogP) is 3.36. The van der Waals surface area contributed by atoms with Crippen molar-refractivity contribution in [1.82, 2.24) is 14.5 Å². The summed E-state index contributed by atoms with van der Waals surface area (Å²) in [6.45, 7) is 7.48.